The minimum Gasteiger partial charge on any atom is -0.325 e. The number of rotatable bonds is 8. The second-order valence-corrected chi connectivity index (χ2v) is 8.35. The molecule has 0 unspecified atom stereocenters. The Labute approximate surface area is 165 Å². The number of aryl methyl sites for hydroxylation is 1. The maximum Gasteiger partial charge on any atom is 0.239 e. The van der Waals surface area contributed by atoms with Crippen molar-refractivity contribution in [2.75, 3.05) is 18.4 Å². The summed E-state index contributed by atoms with van der Waals surface area (Å²) in [7, 11) is -3.73. The number of para-hydroxylation sites is 1. The van der Waals surface area contributed by atoms with E-state index in [-0.39, 0.29) is 19.0 Å². The maximum absolute atomic E-state index is 12.6. The van der Waals surface area contributed by atoms with Gasteiger partial charge in [0.2, 0.25) is 15.9 Å². The summed E-state index contributed by atoms with van der Waals surface area (Å²) in [6, 6.07) is 14.2. The van der Waals surface area contributed by atoms with Crippen molar-refractivity contribution in [1.29, 1.82) is 0 Å². The Hall–Kier alpha value is -2.15. The largest absolute Gasteiger partial charge is 0.325 e. The molecule has 0 atom stereocenters. The molecule has 0 saturated carbocycles. The number of nitrogens with zero attached hydrogens (tertiary/aromatic N) is 1. The number of sulfonamides is 1. The Balaban J connectivity index is 2.11. The van der Waals surface area contributed by atoms with Crippen LogP contribution in [-0.4, -0.2) is 31.7 Å². The van der Waals surface area contributed by atoms with Crippen LogP contribution in [0.3, 0.4) is 0 Å². The summed E-state index contributed by atoms with van der Waals surface area (Å²) in [5, 5.41) is 4.46. The van der Waals surface area contributed by atoms with Crippen LogP contribution in [-0.2, 0) is 14.8 Å². The Kier molecular flexibility index (Phi) is 7.59. The molecule has 0 aromatic heterocycles. The van der Waals surface area contributed by atoms with Crippen molar-refractivity contribution >= 4 is 39.3 Å². The molecule has 0 aliphatic heterocycles. The third-order valence-electron chi connectivity index (χ3n) is 3.87. The highest BCUT2D eigenvalue weighted by molar-refractivity contribution is 7.92. The SMILES string of the molecule is CCCN(CC(=O)Nc1ccccc1C)S(=O)(=O)C=Cc1ccc(Cl)cc1. The van der Waals surface area contributed by atoms with Crippen molar-refractivity contribution in [2.24, 2.45) is 0 Å². The summed E-state index contributed by atoms with van der Waals surface area (Å²) >= 11 is 5.83. The molecule has 2 aromatic carbocycles. The van der Waals surface area contributed by atoms with E-state index in [2.05, 4.69) is 5.32 Å². The molecule has 1 amide bonds. The molecule has 2 rings (SSSR count). The fourth-order valence-corrected chi connectivity index (χ4v) is 3.79. The number of nitrogens with one attached hydrogen (secondary N) is 1. The van der Waals surface area contributed by atoms with E-state index < -0.39 is 10.0 Å². The van der Waals surface area contributed by atoms with Crippen molar-refractivity contribution in [2.45, 2.75) is 20.3 Å². The number of amides is 1. The molecule has 0 radical (unpaired) electrons. The molecule has 2 aromatic rings. The van der Waals surface area contributed by atoms with Crippen LogP contribution in [0.5, 0.6) is 0 Å². The normalized spacial score (nSPS) is 11.9. The Morgan fingerprint density at radius 3 is 2.44 bits per heavy atom. The second kappa shape index (κ2) is 9.69. The molecule has 27 heavy (non-hydrogen) atoms. The lowest BCUT2D eigenvalue weighted by atomic mass is 10.2. The van der Waals surface area contributed by atoms with Crippen molar-refractivity contribution in [3.63, 3.8) is 0 Å². The minimum atomic E-state index is -3.73. The number of hydrogen-bond donors (Lipinski definition) is 1. The number of carbonyl (C=O) groups excluding carboxylic acids is 1. The number of benzene rings is 2. The molecule has 0 spiro atoms. The summed E-state index contributed by atoms with van der Waals surface area (Å²) in [6.07, 6.45) is 2.10. The van der Waals surface area contributed by atoms with Gasteiger partial charge in [0.15, 0.2) is 0 Å². The first-order chi connectivity index (χ1) is 12.8. The fraction of sp³-hybridized carbons (Fsp3) is 0.250. The zero-order valence-corrected chi connectivity index (χ0v) is 16.9. The van der Waals surface area contributed by atoms with E-state index in [1.165, 1.54) is 10.4 Å². The van der Waals surface area contributed by atoms with Gasteiger partial charge in [-0.3, -0.25) is 4.79 Å². The number of halogens is 1. The van der Waals surface area contributed by atoms with Gasteiger partial charge in [-0.25, -0.2) is 8.42 Å². The van der Waals surface area contributed by atoms with Crippen LogP contribution in [0.25, 0.3) is 6.08 Å². The van der Waals surface area contributed by atoms with Gasteiger partial charge in [-0.1, -0.05) is 48.9 Å². The molecule has 0 heterocycles. The molecule has 0 aliphatic rings. The first kappa shape index (κ1) is 21.2. The first-order valence-electron chi connectivity index (χ1n) is 8.61. The van der Waals surface area contributed by atoms with Crippen molar-refractivity contribution in [1.82, 2.24) is 4.31 Å². The monoisotopic (exact) mass is 406 g/mol. The topological polar surface area (TPSA) is 66.5 Å². The zero-order valence-electron chi connectivity index (χ0n) is 15.4. The van der Waals surface area contributed by atoms with Crippen LogP contribution in [0, 0.1) is 6.92 Å². The van der Waals surface area contributed by atoms with Gasteiger partial charge in [0.1, 0.15) is 0 Å². The third-order valence-corrected chi connectivity index (χ3v) is 5.64. The second-order valence-electron chi connectivity index (χ2n) is 6.10. The van der Waals surface area contributed by atoms with Gasteiger partial charge in [0.25, 0.3) is 0 Å². The molecule has 144 valence electrons. The summed E-state index contributed by atoms with van der Waals surface area (Å²) in [6.45, 7) is 3.76. The molecule has 0 saturated heterocycles. The van der Waals surface area contributed by atoms with Crippen molar-refractivity contribution in [3.05, 3.63) is 70.1 Å². The quantitative estimate of drug-likeness (QED) is 0.710. The number of carbonyl (C=O) groups is 1. The van der Waals surface area contributed by atoms with E-state index in [0.717, 1.165) is 11.0 Å². The van der Waals surface area contributed by atoms with Crippen LogP contribution in [0.4, 0.5) is 5.69 Å². The smallest absolute Gasteiger partial charge is 0.239 e. The van der Waals surface area contributed by atoms with Gasteiger partial charge < -0.3 is 5.32 Å². The van der Waals surface area contributed by atoms with E-state index >= 15 is 0 Å². The summed E-state index contributed by atoms with van der Waals surface area (Å²) in [5.41, 5.74) is 2.30. The molecule has 0 fully saturated rings. The molecular weight excluding hydrogens is 384 g/mol. The highest BCUT2D eigenvalue weighted by Gasteiger charge is 2.21. The Morgan fingerprint density at radius 1 is 1.15 bits per heavy atom. The average Bonchev–Trinajstić information content (AvgIpc) is 2.63. The molecular formula is C20H23ClN2O3S. The van der Waals surface area contributed by atoms with E-state index in [0.29, 0.717) is 22.7 Å². The van der Waals surface area contributed by atoms with Gasteiger partial charge in [-0.05, 0) is 48.7 Å². The maximum atomic E-state index is 12.6. The summed E-state index contributed by atoms with van der Waals surface area (Å²) in [4.78, 5) is 12.4. The predicted octanol–water partition coefficient (Wildman–Crippen LogP) is 4.30. The summed E-state index contributed by atoms with van der Waals surface area (Å²) in [5.74, 6) is -0.374. The Morgan fingerprint density at radius 2 is 1.81 bits per heavy atom. The van der Waals surface area contributed by atoms with Crippen molar-refractivity contribution in [3.8, 4) is 0 Å². The van der Waals surface area contributed by atoms with Crippen LogP contribution in [0.1, 0.15) is 24.5 Å². The minimum absolute atomic E-state index is 0.241. The standard InChI is InChI=1S/C20H23ClN2O3S/c1-3-13-23(15-20(24)22-19-7-5-4-6-16(19)2)27(25,26)14-12-17-8-10-18(21)11-9-17/h4-12,14H,3,13,15H2,1-2H3,(H,22,24). The van der Waals surface area contributed by atoms with Gasteiger partial charge in [0.05, 0.1) is 6.54 Å². The van der Waals surface area contributed by atoms with E-state index in [9.17, 15) is 13.2 Å². The predicted molar refractivity (Wildman–Crippen MR) is 111 cm³/mol. The van der Waals surface area contributed by atoms with Crippen LogP contribution in [0.15, 0.2) is 53.9 Å². The van der Waals surface area contributed by atoms with E-state index in [4.69, 9.17) is 11.6 Å². The number of anilines is 1. The molecule has 0 bridgehead atoms. The van der Waals surface area contributed by atoms with Crippen LogP contribution >= 0.6 is 11.6 Å². The highest BCUT2D eigenvalue weighted by Crippen LogP contribution is 2.15. The first-order valence-corrected chi connectivity index (χ1v) is 10.5. The van der Waals surface area contributed by atoms with Crippen LogP contribution < -0.4 is 5.32 Å². The molecule has 5 nitrogen and oxygen atoms in total. The molecule has 0 aliphatic carbocycles. The third kappa shape index (κ3) is 6.50. The van der Waals surface area contributed by atoms with Gasteiger partial charge in [-0.2, -0.15) is 4.31 Å². The fourth-order valence-electron chi connectivity index (χ4n) is 2.43. The zero-order chi connectivity index (χ0) is 19.9. The number of hydrogen-bond acceptors (Lipinski definition) is 3. The van der Waals surface area contributed by atoms with E-state index in [1.54, 1.807) is 30.3 Å². The van der Waals surface area contributed by atoms with Gasteiger partial charge >= 0.3 is 0 Å². The van der Waals surface area contributed by atoms with E-state index in [1.807, 2.05) is 32.0 Å². The highest BCUT2D eigenvalue weighted by atomic mass is 35.5. The molecule has 1 N–H and O–H groups in total. The lowest BCUT2D eigenvalue weighted by Gasteiger charge is -2.19. The lowest BCUT2D eigenvalue weighted by Crippen LogP contribution is -2.37. The molecule has 7 heteroatoms. The summed E-state index contributed by atoms with van der Waals surface area (Å²) < 4.78 is 26.5. The van der Waals surface area contributed by atoms with Crippen LogP contribution in [0.2, 0.25) is 5.02 Å². The average molecular weight is 407 g/mol. The van der Waals surface area contributed by atoms with Crippen molar-refractivity contribution < 1.29 is 13.2 Å². The lowest BCUT2D eigenvalue weighted by molar-refractivity contribution is -0.116. The van der Waals surface area contributed by atoms with Gasteiger partial charge in [-0.15, -0.1) is 0 Å². The van der Waals surface area contributed by atoms with Gasteiger partial charge in [0, 0.05) is 22.7 Å². The Bertz CT molecular complexity index is 909.